The Hall–Kier alpha value is -3.15. The largest absolute Gasteiger partial charge is 0.462 e. The van der Waals surface area contributed by atoms with Gasteiger partial charge in [0.25, 0.3) is 0 Å². The summed E-state index contributed by atoms with van der Waals surface area (Å²) in [6.07, 6.45) is 68.8. The fraction of sp³-hybridized carbons (Fsp3) is 0.750. The molecule has 0 saturated carbocycles. The number of rotatable bonds is 50. The Bertz CT molecular complexity index is 1240. The second-order valence-electron chi connectivity index (χ2n) is 18.5. The van der Waals surface area contributed by atoms with Gasteiger partial charge in [0.05, 0.1) is 0 Å². The van der Waals surface area contributed by atoms with Crippen LogP contribution in [0.15, 0.2) is 72.9 Å². The minimum Gasteiger partial charge on any atom is -0.462 e. The smallest absolute Gasteiger partial charge is 0.306 e. The normalized spacial score (nSPS) is 12.6. The van der Waals surface area contributed by atoms with Gasteiger partial charge >= 0.3 is 17.9 Å². The molecule has 0 radical (unpaired) electrons. The van der Waals surface area contributed by atoms with E-state index in [0.717, 1.165) is 103 Å². The van der Waals surface area contributed by atoms with E-state index in [2.05, 4.69) is 93.7 Å². The van der Waals surface area contributed by atoms with E-state index in [-0.39, 0.29) is 31.1 Å². The van der Waals surface area contributed by atoms with E-state index in [1.54, 1.807) is 0 Å². The number of allylic oxidation sites excluding steroid dienone is 12. The predicted molar refractivity (Wildman–Crippen MR) is 284 cm³/mol. The second kappa shape index (κ2) is 54.5. The van der Waals surface area contributed by atoms with Gasteiger partial charge in [-0.25, -0.2) is 0 Å². The van der Waals surface area contributed by atoms with Gasteiger partial charge in [-0.05, 0) is 109 Å². The number of carbonyl (C=O) groups excluding carboxylic acids is 3. The summed E-state index contributed by atoms with van der Waals surface area (Å²) in [7, 11) is 0. The lowest BCUT2D eigenvalue weighted by Crippen LogP contribution is -2.30. The number of hydrogen-bond donors (Lipinski definition) is 0. The topological polar surface area (TPSA) is 78.9 Å². The average molecular weight is 921 g/mol. The van der Waals surface area contributed by atoms with Gasteiger partial charge in [-0.1, -0.05) is 216 Å². The summed E-state index contributed by atoms with van der Waals surface area (Å²) < 4.78 is 16.8. The molecule has 1 unspecified atom stereocenters. The van der Waals surface area contributed by atoms with Gasteiger partial charge in [0.1, 0.15) is 13.2 Å². The van der Waals surface area contributed by atoms with Crippen LogP contribution in [0.25, 0.3) is 0 Å². The lowest BCUT2D eigenvalue weighted by Gasteiger charge is -2.18. The van der Waals surface area contributed by atoms with Crippen molar-refractivity contribution < 1.29 is 28.6 Å². The van der Waals surface area contributed by atoms with E-state index in [9.17, 15) is 14.4 Å². The van der Waals surface area contributed by atoms with E-state index < -0.39 is 6.10 Å². The molecule has 6 nitrogen and oxygen atoms in total. The number of hydrogen-bond acceptors (Lipinski definition) is 6. The van der Waals surface area contributed by atoms with E-state index in [4.69, 9.17) is 14.2 Å². The molecule has 0 aromatic carbocycles. The van der Waals surface area contributed by atoms with Crippen LogP contribution in [0.1, 0.15) is 271 Å². The molecule has 6 heteroatoms. The second-order valence-corrected chi connectivity index (χ2v) is 18.5. The number of carbonyl (C=O) groups is 3. The highest BCUT2D eigenvalue weighted by Crippen LogP contribution is 2.15. The summed E-state index contributed by atoms with van der Waals surface area (Å²) in [6.45, 7) is 6.49. The summed E-state index contributed by atoms with van der Waals surface area (Å²) >= 11 is 0. The van der Waals surface area contributed by atoms with Crippen LogP contribution >= 0.6 is 0 Å². The maximum atomic E-state index is 12.8. The lowest BCUT2D eigenvalue weighted by molar-refractivity contribution is -0.167. The van der Waals surface area contributed by atoms with Gasteiger partial charge in [-0.3, -0.25) is 14.4 Å². The van der Waals surface area contributed by atoms with E-state index in [1.165, 1.54) is 128 Å². The van der Waals surface area contributed by atoms with Gasteiger partial charge in [-0.15, -0.1) is 0 Å². The molecule has 0 heterocycles. The molecule has 1 atom stereocenters. The zero-order valence-electron chi connectivity index (χ0n) is 43.4. The highest BCUT2D eigenvalue weighted by atomic mass is 16.6. The van der Waals surface area contributed by atoms with Crippen molar-refractivity contribution in [2.45, 2.75) is 277 Å². The first-order chi connectivity index (χ1) is 32.5. The van der Waals surface area contributed by atoms with Crippen LogP contribution in [-0.2, 0) is 28.6 Å². The van der Waals surface area contributed by atoms with Gasteiger partial charge < -0.3 is 14.2 Å². The maximum Gasteiger partial charge on any atom is 0.306 e. The van der Waals surface area contributed by atoms with Crippen LogP contribution in [0, 0.1) is 0 Å². The zero-order valence-corrected chi connectivity index (χ0v) is 43.4. The Morgan fingerprint density at radius 1 is 0.318 bits per heavy atom. The Morgan fingerprint density at radius 3 is 0.939 bits per heavy atom. The van der Waals surface area contributed by atoms with Crippen molar-refractivity contribution in [1.29, 1.82) is 0 Å². The fourth-order valence-electron chi connectivity index (χ4n) is 7.72. The van der Waals surface area contributed by atoms with Crippen LogP contribution in [-0.4, -0.2) is 37.2 Å². The molecule has 0 fully saturated rings. The molecule has 0 N–H and O–H groups in total. The van der Waals surface area contributed by atoms with Crippen molar-refractivity contribution in [2.24, 2.45) is 0 Å². The third-order valence-corrected chi connectivity index (χ3v) is 11.9. The molecule has 0 aromatic rings. The monoisotopic (exact) mass is 921 g/mol. The number of unbranched alkanes of at least 4 members (excludes halogenated alkanes) is 27. The molecule has 0 aromatic heterocycles. The molecule has 0 bridgehead atoms. The summed E-state index contributed by atoms with van der Waals surface area (Å²) in [5.74, 6) is -0.906. The van der Waals surface area contributed by atoms with E-state index in [0.29, 0.717) is 19.3 Å². The Morgan fingerprint density at radius 2 is 0.591 bits per heavy atom. The number of ether oxygens (including phenoxy) is 3. The Kier molecular flexibility index (Phi) is 51.9. The van der Waals surface area contributed by atoms with Crippen molar-refractivity contribution in [3.63, 3.8) is 0 Å². The van der Waals surface area contributed by atoms with Crippen LogP contribution in [0.4, 0.5) is 0 Å². The first-order valence-corrected chi connectivity index (χ1v) is 27.9. The molecule has 0 aliphatic carbocycles. The fourth-order valence-corrected chi connectivity index (χ4v) is 7.72. The minimum atomic E-state index is -0.787. The highest BCUT2D eigenvalue weighted by Gasteiger charge is 2.19. The van der Waals surface area contributed by atoms with E-state index >= 15 is 0 Å². The molecular formula is C60H104O6. The third kappa shape index (κ3) is 51.8. The van der Waals surface area contributed by atoms with Gasteiger partial charge in [0.15, 0.2) is 6.10 Å². The molecule has 0 aliphatic rings. The number of esters is 3. The predicted octanol–water partition coefficient (Wildman–Crippen LogP) is 18.6. The van der Waals surface area contributed by atoms with Gasteiger partial charge in [0, 0.05) is 19.3 Å². The molecule has 0 amide bonds. The van der Waals surface area contributed by atoms with Crippen LogP contribution in [0.2, 0.25) is 0 Å². The summed E-state index contributed by atoms with van der Waals surface area (Å²) in [6, 6.07) is 0. The highest BCUT2D eigenvalue weighted by molar-refractivity contribution is 5.71. The van der Waals surface area contributed by atoms with Crippen molar-refractivity contribution >= 4 is 17.9 Å². The lowest BCUT2D eigenvalue weighted by atomic mass is 10.1. The molecule has 0 spiro atoms. The minimum absolute atomic E-state index is 0.0860. The van der Waals surface area contributed by atoms with Crippen LogP contribution in [0.3, 0.4) is 0 Å². The summed E-state index contributed by atoms with van der Waals surface area (Å²) in [4.78, 5) is 38.1. The van der Waals surface area contributed by atoms with Crippen LogP contribution < -0.4 is 0 Å². The molecule has 66 heavy (non-hydrogen) atoms. The molecule has 380 valence electrons. The summed E-state index contributed by atoms with van der Waals surface area (Å²) in [5.41, 5.74) is 0. The van der Waals surface area contributed by atoms with Crippen molar-refractivity contribution in [3.05, 3.63) is 72.9 Å². The van der Waals surface area contributed by atoms with Crippen molar-refractivity contribution in [3.8, 4) is 0 Å². The first-order valence-electron chi connectivity index (χ1n) is 27.9. The van der Waals surface area contributed by atoms with Crippen molar-refractivity contribution in [2.75, 3.05) is 13.2 Å². The zero-order chi connectivity index (χ0) is 47.9. The van der Waals surface area contributed by atoms with E-state index in [1.807, 2.05) is 0 Å². The average Bonchev–Trinajstić information content (AvgIpc) is 3.31. The molecule has 0 saturated heterocycles. The maximum absolute atomic E-state index is 12.8. The SMILES string of the molecule is CC/C=C\C/C=C\C/C=C\CCCCCCCCCC(=O)OC(COC(=O)CCCCCCC/C=C\CCCCCC)COC(=O)CCCCCCCCC/C=C\C/C=C\CCCCCC. The summed E-state index contributed by atoms with van der Waals surface area (Å²) in [5, 5.41) is 0. The van der Waals surface area contributed by atoms with Crippen molar-refractivity contribution in [1.82, 2.24) is 0 Å². The van der Waals surface area contributed by atoms with Crippen LogP contribution in [0.5, 0.6) is 0 Å². The van der Waals surface area contributed by atoms with Gasteiger partial charge in [-0.2, -0.15) is 0 Å². The molecule has 0 aliphatic heterocycles. The first kappa shape index (κ1) is 62.8. The molecular weight excluding hydrogens is 817 g/mol. The third-order valence-electron chi connectivity index (χ3n) is 11.9. The Balaban J connectivity index is 4.40. The Labute approximate surface area is 408 Å². The van der Waals surface area contributed by atoms with Gasteiger partial charge in [0.2, 0.25) is 0 Å². The quantitative estimate of drug-likeness (QED) is 0.0262. The standard InChI is InChI=1S/C60H104O6/c1-4-7-10-13-16-19-22-25-27-29-31-32-35-38-41-44-47-50-53-59(62)65-56-57(55-64-58(61)52-49-46-43-40-37-34-24-21-18-15-12-9-6-3)66-60(63)54-51-48-45-42-39-36-33-30-28-26-23-20-17-14-11-8-5-2/h8,11,17,19-22,24,26-29,57H,4-7,9-10,12-16,18,23,25,30-56H2,1-3H3/b11-8-,20-17-,22-19-,24-21-,28-26-,29-27-. The molecule has 0 rings (SSSR count).